The molecule has 3 rings (SSSR count). The van der Waals surface area contributed by atoms with Crippen LogP contribution in [-0.2, 0) is 0 Å². The van der Waals surface area contributed by atoms with Crippen LogP contribution >= 0.6 is 0 Å². The van der Waals surface area contributed by atoms with E-state index in [4.69, 9.17) is 4.74 Å². The van der Waals surface area contributed by atoms with Crippen molar-refractivity contribution in [1.29, 1.82) is 0 Å². The second-order valence-corrected chi connectivity index (χ2v) is 4.70. The van der Waals surface area contributed by atoms with Gasteiger partial charge in [0.1, 0.15) is 11.5 Å². The molecule has 0 fully saturated rings. The van der Waals surface area contributed by atoms with Gasteiger partial charge in [-0.15, -0.1) is 0 Å². The molecule has 104 valence electrons. The fourth-order valence-electron chi connectivity index (χ4n) is 1.97. The minimum absolute atomic E-state index is 0.164. The quantitative estimate of drug-likeness (QED) is 0.797. The molecule has 3 aromatic rings. The van der Waals surface area contributed by atoms with Gasteiger partial charge in [0, 0.05) is 11.1 Å². The largest absolute Gasteiger partial charge is 0.457 e. The summed E-state index contributed by atoms with van der Waals surface area (Å²) in [4.78, 5) is 11.3. The standard InChI is InChI=1S/C17H14N2O2/c1-12-11-16(18-19-17(12)20)13-7-9-15(10-8-13)21-14-5-3-2-4-6-14/h2-11H,1H3,(H,19,20). The summed E-state index contributed by atoms with van der Waals surface area (Å²) in [5.41, 5.74) is 2.14. The van der Waals surface area contributed by atoms with Crippen LogP contribution < -0.4 is 10.3 Å². The number of aromatic amines is 1. The maximum atomic E-state index is 11.3. The molecule has 1 heterocycles. The highest BCUT2D eigenvalue weighted by Crippen LogP contribution is 2.24. The Labute approximate surface area is 122 Å². The molecule has 0 radical (unpaired) electrons. The van der Waals surface area contributed by atoms with E-state index in [9.17, 15) is 4.79 Å². The predicted octanol–water partition coefficient (Wildman–Crippen LogP) is 3.54. The first-order valence-corrected chi connectivity index (χ1v) is 6.62. The van der Waals surface area contributed by atoms with Crippen LogP contribution in [0.1, 0.15) is 5.56 Å². The summed E-state index contributed by atoms with van der Waals surface area (Å²) >= 11 is 0. The van der Waals surface area contributed by atoms with Gasteiger partial charge in [-0.25, -0.2) is 5.10 Å². The molecule has 0 unspecified atom stereocenters. The van der Waals surface area contributed by atoms with Gasteiger partial charge >= 0.3 is 0 Å². The number of aromatic nitrogens is 2. The minimum Gasteiger partial charge on any atom is -0.457 e. The van der Waals surface area contributed by atoms with E-state index in [1.165, 1.54) is 0 Å². The normalized spacial score (nSPS) is 10.3. The van der Waals surface area contributed by atoms with Gasteiger partial charge in [-0.2, -0.15) is 5.10 Å². The Hall–Kier alpha value is -2.88. The number of hydrogen-bond donors (Lipinski definition) is 1. The highest BCUT2D eigenvalue weighted by molar-refractivity contribution is 5.60. The molecule has 2 aromatic carbocycles. The van der Waals surface area contributed by atoms with E-state index in [0.29, 0.717) is 5.56 Å². The molecule has 1 aromatic heterocycles. The summed E-state index contributed by atoms with van der Waals surface area (Å²) in [7, 11) is 0. The monoisotopic (exact) mass is 278 g/mol. The molecular formula is C17H14N2O2. The van der Waals surface area contributed by atoms with Crippen molar-refractivity contribution in [3.8, 4) is 22.8 Å². The third-order valence-corrected chi connectivity index (χ3v) is 3.12. The molecule has 1 N–H and O–H groups in total. The number of nitrogens with zero attached hydrogens (tertiary/aromatic N) is 1. The Morgan fingerprint density at radius 1 is 0.952 bits per heavy atom. The van der Waals surface area contributed by atoms with Gasteiger partial charge in [0.05, 0.1) is 5.69 Å². The Balaban J connectivity index is 1.83. The highest BCUT2D eigenvalue weighted by atomic mass is 16.5. The predicted molar refractivity (Wildman–Crippen MR) is 81.5 cm³/mol. The van der Waals surface area contributed by atoms with Crippen LogP contribution in [0.15, 0.2) is 65.5 Å². The summed E-state index contributed by atoms with van der Waals surface area (Å²) in [6.07, 6.45) is 0. The SMILES string of the molecule is Cc1cc(-c2ccc(Oc3ccccc3)cc2)n[nH]c1=O. The Bertz CT molecular complexity index is 793. The molecule has 0 spiro atoms. The number of nitrogens with one attached hydrogen (secondary N) is 1. The van der Waals surface area contributed by atoms with Crippen LogP contribution in [0, 0.1) is 6.92 Å². The number of para-hydroxylation sites is 1. The van der Waals surface area contributed by atoms with E-state index in [2.05, 4.69) is 10.2 Å². The first kappa shape index (κ1) is 13.1. The summed E-state index contributed by atoms with van der Waals surface area (Å²) in [6, 6.07) is 19.0. The van der Waals surface area contributed by atoms with E-state index in [0.717, 1.165) is 22.8 Å². The third-order valence-electron chi connectivity index (χ3n) is 3.12. The molecule has 0 amide bonds. The average Bonchev–Trinajstić information content (AvgIpc) is 2.52. The van der Waals surface area contributed by atoms with Crippen LogP contribution in [-0.4, -0.2) is 10.2 Å². The zero-order valence-electron chi connectivity index (χ0n) is 11.5. The lowest BCUT2D eigenvalue weighted by molar-refractivity contribution is 0.483. The Kier molecular flexibility index (Phi) is 3.51. The van der Waals surface area contributed by atoms with Crippen molar-refractivity contribution in [2.75, 3.05) is 0 Å². The zero-order chi connectivity index (χ0) is 14.7. The van der Waals surface area contributed by atoms with Crippen LogP contribution in [0.25, 0.3) is 11.3 Å². The van der Waals surface area contributed by atoms with E-state index in [1.807, 2.05) is 54.6 Å². The van der Waals surface area contributed by atoms with Crippen molar-refractivity contribution < 1.29 is 4.74 Å². The van der Waals surface area contributed by atoms with E-state index in [1.54, 1.807) is 13.0 Å². The molecule has 0 atom stereocenters. The van der Waals surface area contributed by atoms with Crippen LogP contribution in [0.5, 0.6) is 11.5 Å². The van der Waals surface area contributed by atoms with Gasteiger partial charge in [0.2, 0.25) is 0 Å². The molecule has 0 aliphatic heterocycles. The number of hydrogen-bond acceptors (Lipinski definition) is 3. The van der Waals surface area contributed by atoms with Gasteiger partial charge in [0.25, 0.3) is 5.56 Å². The summed E-state index contributed by atoms with van der Waals surface area (Å²) < 4.78 is 5.73. The molecule has 0 aliphatic carbocycles. The number of rotatable bonds is 3. The molecule has 4 heteroatoms. The molecule has 0 bridgehead atoms. The van der Waals surface area contributed by atoms with Gasteiger partial charge in [-0.05, 0) is 49.4 Å². The molecule has 0 aliphatic rings. The maximum absolute atomic E-state index is 11.3. The maximum Gasteiger partial charge on any atom is 0.267 e. The molecule has 21 heavy (non-hydrogen) atoms. The lowest BCUT2D eigenvalue weighted by Crippen LogP contribution is -2.11. The van der Waals surface area contributed by atoms with Crippen molar-refractivity contribution in [2.24, 2.45) is 0 Å². The fraction of sp³-hybridized carbons (Fsp3) is 0.0588. The molecular weight excluding hydrogens is 264 g/mol. The number of aryl methyl sites for hydroxylation is 1. The van der Waals surface area contributed by atoms with E-state index < -0.39 is 0 Å². The lowest BCUT2D eigenvalue weighted by atomic mass is 10.1. The summed E-state index contributed by atoms with van der Waals surface area (Å²) in [5.74, 6) is 1.55. The third kappa shape index (κ3) is 3.00. The molecule has 0 saturated carbocycles. The Morgan fingerprint density at radius 2 is 1.62 bits per heavy atom. The van der Waals surface area contributed by atoms with Crippen LogP contribution in [0.2, 0.25) is 0 Å². The van der Waals surface area contributed by atoms with Crippen LogP contribution in [0.3, 0.4) is 0 Å². The van der Waals surface area contributed by atoms with Crippen molar-refractivity contribution in [3.63, 3.8) is 0 Å². The number of benzene rings is 2. The second-order valence-electron chi connectivity index (χ2n) is 4.70. The number of H-pyrrole nitrogens is 1. The first-order valence-electron chi connectivity index (χ1n) is 6.62. The van der Waals surface area contributed by atoms with Crippen LogP contribution in [0.4, 0.5) is 0 Å². The van der Waals surface area contributed by atoms with Gasteiger partial charge in [-0.3, -0.25) is 4.79 Å². The van der Waals surface area contributed by atoms with Crippen molar-refractivity contribution in [3.05, 3.63) is 76.6 Å². The summed E-state index contributed by atoms with van der Waals surface area (Å²) in [5, 5.41) is 6.53. The van der Waals surface area contributed by atoms with Gasteiger partial charge in [-0.1, -0.05) is 18.2 Å². The summed E-state index contributed by atoms with van der Waals surface area (Å²) in [6.45, 7) is 1.76. The first-order chi connectivity index (χ1) is 10.2. The zero-order valence-corrected chi connectivity index (χ0v) is 11.5. The van der Waals surface area contributed by atoms with E-state index in [-0.39, 0.29) is 5.56 Å². The van der Waals surface area contributed by atoms with Gasteiger partial charge in [0.15, 0.2) is 0 Å². The molecule has 4 nitrogen and oxygen atoms in total. The highest BCUT2D eigenvalue weighted by Gasteiger charge is 2.03. The van der Waals surface area contributed by atoms with E-state index >= 15 is 0 Å². The average molecular weight is 278 g/mol. The smallest absolute Gasteiger partial charge is 0.267 e. The minimum atomic E-state index is -0.164. The topological polar surface area (TPSA) is 55.0 Å². The van der Waals surface area contributed by atoms with Crippen molar-refractivity contribution >= 4 is 0 Å². The second kappa shape index (κ2) is 5.63. The molecule has 0 saturated heterocycles. The number of ether oxygens (including phenoxy) is 1. The van der Waals surface area contributed by atoms with Crippen molar-refractivity contribution in [1.82, 2.24) is 10.2 Å². The van der Waals surface area contributed by atoms with Crippen molar-refractivity contribution in [2.45, 2.75) is 6.92 Å². The van der Waals surface area contributed by atoms with Gasteiger partial charge < -0.3 is 4.74 Å². The Morgan fingerprint density at radius 3 is 2.29 bits per heavy atom. The lowest BCUT2D eigenvalue weighted by Gasteiger charge is -2.06. The fourth-order valence-corrected chi connectivity index (χ4v) is 1.97.